The first kappa shape index (κ1) is 11.3. The molecule has 0 spiro atoms. The van der Waals surface area contributed by atoms with Crippen molar-refractivity contribution in [3.8, 4) is 5.75 Å². The van der Waals surface area contributed by atoms with E-state index in [1.807, 2.05) is 24.3 Å². The zero-order chi connectivity index (χ0) is 11.4. The summed E-state index contributed by atoms with van der Waals surface area (Å²) in [5.41, 5.74) is 1.75. The molecule has 0 saturated heterocycles. The van der Waals surface area contributed by atoms with Crippen molar-refractivity contribution >= 4 is 24.5 Å². The summed E-state index contributed by atoms with van der Waals surface area (Å²) in [5.74, 6) is 1.72. The fraction of sp³-hybridized carbons (Fsp3) is 0.308. The van der Waals surface area contributed by atoms with Gasteiger partial charge in [0.25, 0.3) is 0 Å². The highest BCUT2D eigenvalue weighted by Gasteiger charge is 2.17. The van der Waals surface area contributed by atoms with Gasteiger partial charge in [-0.15, -0.1) is 0 Å². The zero-order valence-corrected chi connectivity index (χ0v) is 9.87. The van der Waals surface area contributed by atoms with Gasteiger partial charge in [-0.05, 0) is 29.9 Å². The molecule has 1 aliphatic heterocycles. The minimum absolute atomic E-state index is 0.172. The lowest BCUT2D eigenvalue weighted by atomic mass is 10.0. The van der Waals surface area contributed by atoms with Gasteiger partial charge in [0.2, 0.25) is 0 Å². The fourth-order valence-corrected chi connectivity index (χ4v) is 1.83. The standard InChI is InChI=1S/C13H14O2S/c14-12-6-7-15-13-5-4-10(9-11(12)13)3-1-2-8-16/h1,3-5,9,16H,2,6-8H2. The number of fused-ring (bicyclic) bond motifs is 1. The number of benzene rings is 1. The lowest BCUT2D eigenvalue weighted by molar-refractivity contribution is 0.0933. The van der Waals surface area contributed by atoms with Gasteiger partial charge in [0.05, 0.1) is 12.2 Å². The third-order valence-corrected chi connectivity index (χ3v) is 2.75. The number of Topliss-reactive ketones (excluding diaryl/α,β-unsaturated/α-hetero) is 1. The Morgan fingerprint density at radius 3 is 3.12 bits per heavy atom. The lowest BCUT2D eigenvalue weighted by Crippen LogP contribution is -2.15. The Morgan fingerprint density at radius 2 is 2.31 bits per heavy atom. The van der Waals surface area contributed by atoms with Crippen LogP contribution >= 0.6 is 12.6 Å². The predicted octanol–water partition coefficient (Wildman–Crippen LogP) is 2.98. The predicted molar refractivity (Wildman–Crippen MR) is 68.4 cm³/mol. The number of carbonyl (C=O) groups is 1. The molecule has 84 valence electrons. The van der Waals surface area contributed by atoms with Crippen LogP contribution in [-0.2, 0) is 0 Å². The fourth-order valence-electron chi connectivity index (χ4n) is 1.68. The molecule has 3 heteroatoms. The van der Waals surface area contributed by atoms with E-state index in [-0.39, 0.29) is 5.78 Å². The highest BCUT2D eigenvalue weighted by molar-refractivity contribution is 7.80. The van der Waals surface area contributed by atoms with Gasteiger partial charge in [0.1, 0.15) is 5.75 Å². The number of thiol groups is 1. The highest BCUT2D eigenvalue weighted by Crippen LogP contribution is 2.26. The lowest BCUT2D eigenvalue weighted by Gasteiger charge is -2.16. The monoisotopic (exact) mass is 234 g/mol. The topological polar surface area (TPSA) is 26.3 Å². The summed E-state index contributed by atoms with van der Waals surface area (Å²) in [6.45, 7) is 0.501. The second-order valence-electron chi connectivity index (χ2n) is 3.69. The summed E-state index contributed by atoms with van der Waals surface area (Å²) in [7, 11) is 0. The molecule has 2 nitrogen and oxygen atoms in total. The number of hydrogen-bond acceptors (Lipinski definition) is 3. The van der Waals surface area contributed by atoms with E-state index < -0.39 is 0 Å². The third kappa shape index (κ3) is 2.47. The van der Waals surface area contributed by atoms with Gasteiger partial charge in [0.15, 0.2) is 5.78 Å². The van der Waals surface area contributed by atoms with Gasteiger partial charge in [-0.3, -0.25) is 4.79 Å². The molecule has 0 N–H and O–H groups in total. The summed E-state index contributed by atoms with van der Waals surface area (Å²) in [6.07, 6.45) is 5.49. The van der Waals surface area contributed by atoms with E-state index in [1.54, 1.807) is 0 Å². The summed E-state index contributed by atoms with van der Waals surface area (Å²) in [6, 6.07) is 5.73. The largest absolute Gasteiger partial charge is 0.492 e. The van der Waals surface area contributed by atoms with Crippen LogP contribution in [0.1, 0.15) is 28.8 Å². The SMILES string of the molecule is O=C1CCOc2ccc(C=CCCS)cc21. The molecule has 0 atom stereocenters. The molecule has 1 aliphatic rings. The molecular weight excluding hydrogens is 220 g/mol. The maximum absolute atomic E-state index is 11.7. The van der Waals surface area contributed by atoms with Crippen LogP contribution in [0.4, 0.5) is 0 Å². The Labute approximate surface area is 101 Å². The van der Waals surface area contributed by atoms with Crippen molar-refractivity contribution in [3.05, 3.63) is 35.4 Å². The first-order chi connectivity index (χ1) is 7.81. The average molecular weight is 234 g/mol. The van der Waals surface area contributed by atoms with Crippen molar-refractivity contribution < 1.29 is 9.53 Å². The summed E-state index contributed by atoms with van der Waals surface area (Å²) < 4.78 is 5.42. The molecule has 0 fully saturated rings. The molecule has 2 rings (SSSR count). The molecule has 1 aromatic carbocycles. The first-order valence-electron chi connectivity index (χ1n) is 5.38. The number of ketones is 1. The first-order valence-corrected chi connectivity index (χ1v) is 6.02. The van der Waals surface area contributed by atoms with Crippen LogP contribution < -0.4 is 4.74 Å². The molecule has 1 heterocycles. The van der Waals surface area contributed by atoms with Crippen molar-refractivity contribution in [1.29, 1.82) is 0 Å². The Balaban J connectivity index is 2.23. The second kappa shape index (κ2) is 5.21. The van der Waals surface area contributed by atoms with E-state index in [0.29, 0.717) is 24.3 Å². The number of carbonyl (C=O) groups excluding carboxylic acids is 1. The van der Waals surface area contributed by atoms with Gasteiger partial charge in [-0.1, -0.05) is 18.2 Å². The van der Waals surface area contributed by atoms with Crippen LogP contribution in [0.2, 0.25) is 0 Å². The molecule has 0 unspecified atom stereocenters. The van der Waals surface area contributed by atoms with Gasteiger partial charge in [-0.2, -0.15) is 12.6 Å². The second-order valence-corrected chi connectivity index (χ2v) is 4.14. The van der Waals surface area contributed by atoms with Gasteiger partial charge in [0, 0.05) is 6.42 Å². The molecule has 1 aromatic rings. The van der Waals surface area contributed by atoms with Crippen LogP contribution in [-0.4, -0.2) is 18.1 Å². The Kier molecular flexibility index (Phi) is 3.67. The van der Waals surface area contributed by atoms with Crippen molar-refractivity contribution in [2.75, 3.05) is 12.4 Å². The summed E-state index contributed by atoms with van der Waals surface area (Å²) in [5, 5.41) is 0. The minimum Gasteiger partial charge on any atom is -0.492 e. The van der Waals surface area contributed by atoms with Crippen LogP contribution in [0, 0.1) is 0 Å². The zero-order valence-electron chi connectivity index (χ0n) is 8.98. The van der Waals surface area contributed by atoms with E-state index >= 15 is 0 Å². The van der Waals surface area contributed by atoms with Gasteiger partial charge < -0.3 is 4.74 Å². The molecule has 0 aliphatic carbocycles. The number of hydrogen-bond donors (Lipinski definition) is 1. The maximum Gasteiger partial charge on any atom is 0.170 e. The molecule has 0 bridgehead atoms. The van der Waals surface area contributed by atoms with E-state index in [0.717, 1.165) is 17.7 Å². The van der Waals surface area contributed by atoms with E-state index in [9.17, 15) is 4.79 Å². The van der Waals surface area contributed by atoms with Crippen LogP contribution in [0.15, 0.2) is 24.3 Å². The molecule has 16 heavy (non-hydrogen) atoms. The van der Waals surface area contributed by atoms with Gasteiger partial charge in [-0.25, -0.2) is 0 Å². The quantitative estimate of drug-likeness (QED) is 0.814. The van der Waals surface area contributed by atoms with Crippen molar-refractivity contribution in [3.63, 3.8) is 0 Å². The summed E-state index contributed by atoms with van der Waals surface area (Å²) >= 11 is 4.14. The third-order valence-electron chi connectivity index (χ3n) is 2.50. The van der Waals surface area contributed by atoms with E-state index in [1.165, 1.54) is 0 Å². The van der Waals surface area contributed by atoms with Crippen molar-refractivity contribution in [1.82, 2.24) is 0 Å². The van der Waals surface area contributed by atoms with Crippen molar-refractivity contribution in [2.45, 2.75) is 12.8 Å². The molecular formula is C13H14O2S. The maximum atomic E-state index is 11.7. The smallest absolute Gasteiger partial charge is 0.170 e. The molecule has 0 saturated carbocycles. The normalized spacial score (nSPS) is 14.9. The highest BCUT2D eigenvalue weighted by atomic mass is 32.1. The van der Waals surface area contributed by atoms with Crippen LogP contribution in [0.5, 0.6) is 5.75 Å². The average Bonchev–Trinajstić information content (AvgIpc) is 2.30. The molecule has 0 amide bonds. The summed E-state index contributed by atoms with van der Waals surface area (Å²) in [4.78, 5) is 11.7. The van der Waals surface area contributed by atoms with Crippen LogP contribution in [0.3, 0.4) is 0 Å². The number of ether oxygens (including phenoxy) is 1. The molecule has 0 aromatic heterocycles. The minimum atomic E-state index is 0.172. The van der Waals surface area contributed by atoms with E-state index in [4.69, 9.17) is 4.74 Å². The Morgan fingerprint density at radius 1 is 1.44 bits per heavy atom. The van der Waals surface area contributed by atoms with E-state index in [2.05, 4.69) is 18.7 Å². The molecule has 0 radical (unpaired) electrons. The number of rotatable bonds is 3. The Hall–Kier alpha value is -1.22. The Bertz CT molecular complexity index is 424. The van der Waals surface area contributed by atoms with Crippen molar-refractivity contribution in [2.24, 2.45) is 0 Å². The van der Waals surface area contributed by atoms with Gasteiger partial charge >= 0.3 is 0 Å². The number of allylic oxidation sites excluding steroid dienone is 1. The van der Waals surface area contributed by atoms with Crippen LogP contribution in [0.25, 0.3) is 6.08 Å².